The van der Waals surface area contributed by atoms with Crippen molar-refractivity contribution in [2.45, 2.75) is 6.92 Å². The van der Waals surface area contributed by atoms with Gasteiger partial charge in [0.2, 0.25) is 5.96 Å². The number of rotatable bonds is 4. The first kappa shape index (κ1) is 11.5. The Balaban J connectivity index is 3.60. The largest absolute Gasteiger partial charge is 0.448 e. The fourth-order valence-corrected chi connectivity index (χ4v) is 0.624. The molecule has 0 aromatic carbocycles. The number of primary amides is 1. The molecule has 0 spiro atoms. The Hall–Kier alpha value is -1.50. The molecule has 0 unspecified atom stereocenters. The van der Waals surface area contributed by atoms with Gasteiger partial charge in [-0.25, -0.2) is 15.6 Å². The van der Waals surface area contributed by atoms with Gasteiger partial charge in [-0.1, -0.05) is 0 Å². The van der Waals surface area contributed by atoms with Crippen molar-refractivity contribution in [1.29, 1.82) is 0 Å². The van der Waals surface area contributed by atoms with E-state index in [4.69, 9.17) is 11.6 Å². The van der Waals surface area contributed by atoms with Gasteiger partial charge < -0.3 is 15.8 Å². The van der Waals surface area contributed by atoms with E-state index in [1.165, 1.54) is 0 Å². The van der Waals surface area contributed by atoms with Crippen LogP contribution in [0.1, 0.15) is 6.92 Å². The molecule has 0 fully saturated rings. The summed E-state index contributed by atoms with van der Waals surface area (Å²) >= 11 is 0. The zero-order valence-electron chi connectivity index (χ0n) is 7.54. The van der Waals surface area contributed by atoms with Crippen LogP contribution < -0.4 is 22.3 Å². The van der Waals surface area contributed by atoms with E-state index < -0.39 is 6.09 Å². The lowest BCUT2D eigenvalue weighted by Gasteiger charge is -2.05. The molecule has 0 aliphatic heterocycles. The minimum Gasteiger partial charge on any atom is -0.448 e. The topological polar surface area (TPSA) is 115 Å². The molecule has 0 aromatic rings. The van der Waals surface area contributed by atoms with E-state index in [0.717, 1.165) is 0 Å². The quantitative estimate of drug-likeness (QED) is 0.141. The number of nitrogens with two attached hydrogens (primary N) is 2. The molecule has 76 valence electrons. The molecule has 0 saturated heterocycles. The van der Waals surface area contributed by atoms with Crippen molar-refractivity contribution in [3.63, 3.8) is 0 Å². The lowest BCUT2D eigenvalue weighted by atomic mass is 10.7. The Morgan fingerprint density at radius 3 is 2.77 bits per heavy atom. The standard InChI is InChI=1S/C6H15N5O2/c1-2-9-6(11-8)10-3-4-13-5(7)12/h2-4,8H2,1H3,(H2,7,12)(H2,9,10,11). The van der Waals surface area contributed by atoms with Crippen molar-refractivity contribution in [3.05, 3.63) is 0 Å². The molecule has 0 radical (unpaired) electrons. The zero-order valence-corrected chi connectivity index (χ0v) is 7.54. The first-order valence-electron chi connectivity index (χ1n) is 3.87. The van der Waals surface area contributed by atoms with E-state index in [1.54, 1.807) is 0 Å². The predicted octanol–water partition coefficient (Wildman–Crippen LogP) is -1.49. The Kier molecular flexibility index (Phi) is 6.34. The minimum atomic E-state index is -0.805. The number of aliphatic imine (C=N–C) groups is 1. The number of amides is 1. The van der Waals surface area contributed by atoms with Crippen LogP contribution in [0.15, 0.2) is 4.99 Å². The van der Waals surface area contributed by atoms with Crippen LogP contribution in [0.2, 0.25) is 0 Å². The van der Waals surface area contributed by atoms with Gasteiger partial charge >= 0.3 is 6.09 Å². The Bertz CT molecular complexity index is 182. The van der Waals surface area contributed by atoms with Crippen molar-refractivity contribution in [2.75, 3.05) is 19.7 Å². The normalized spacial score (nSPS) is 10.8. The van der Waals surface area contributed by atoms with Crippen LogP contribution in [0.3, 0.4) is 0 Å². The smallest absolute Gasteiger partial charge is 0.404 e. The maximum Gasteiger partial charge on any atom is 0.404 e. The highest BCUT2D eigenvalue weighted by Gasteiger charge is 1.93. The fourth-order valence-electron chi connectivity index (χ4n) is 0.624. The maximum absolute atomic E-state index is 10.1. The maximum atomic E-state index is 10.1. The van der Waals surface area contributed by atoms with Crippen molar-refractivity contribution in [1.82, 2.24) is 10.7 Å². The molecule has 13 heavy (non-hydrogen) atoms. The van der Waals surface area contributed by atoms with Gasteiger partial charge in [0, 0.05) is 6.54 Å². The molecule has 6 N–H and O–H groups in total. The summed E-state index contributed by atoms with van der Waals surface area (Å²) < 4.78 is 4.45. The summed E-state index contributed by atoms with van der Waals surface area (Å²) in [6.07, 6.45) is -0.805. The zero-order chi connectivity index (χ0) is 10.1. The Labute approximate surface area is 76.5 Å². The summed E-state index contributed by atoms with van der Waals surface area (Å²) in [5, 5.41) is 2.86. The molecule has 0 aliphatic rings. The number of carbonyl (C=O) groups excluding carboxylic acids is 1. The number of guanidine groups is 1. The summed E-state index contributed by atoms with van der Waals surface area (Å²) in [5.74, 6) is 5.58. The van der Waals surface area contributed by atoms with Gasteiger partial charge in [-0.3, -0.25) is 5.43 Å². The average Bonchev–Trinajstić information content (AvgIpc) is 2.10. The van der Waals surface area contributed by atoms with Gasteiger partial charge in [-0.2, -0.15) is 0 Å². The molecule has 0 bridgehead atoms. The first-order chi connectivity index (χ1) is 6.20. The number of hydrogen-bond acceptors (Lipinski definition) is 4. The molecule has 1 amide bonds. The van der Waals surface area contributed by atoms with E-state index >= 15 is 0 Å². The number of nitrogens with zero attached hydrogens (tertiary/aromatic N) is 1. The molecule has 0 aliphatic carbocycles. The summed E-state index contributed by atoms with van der Waals surface area (Å²) in [6, 6.07) is 0. The molecule has 0 aromatic heterocycles. The van der Waals surface area contributed by atoms with Crippen LogP contribution in [0.5, 0.6) is 0 Å². The van der Waals surface area contributed by atoms with Crippen LogP contribution in [0, 0.1) is 0 Å². The highest BCUT2D eigenvalue weighted by molar-refractivity contribution is 5.79. The lowest BCUT2D eigenvalue weighted by Crippen LogP contribution is -2.41. The third-order valence-corrected chi connectivity index (χ3v) is 1.09. The number of nitrogens with one attached hydrogen (secondary N) is 2. The second-order valence-corrected chi connectivity index (χ2v) is 2.07. The van der Waals surface area contributed by atoms with Gasteiger partial charge in [0.05, 0.1) is 6.54 Å². The minimum absolute atomic E-state index is 0.145. The Morgan fingerprint density at radius 2 is 2.31 bits per heavy atom. The second-order valence-electron chi connectivity index (χ2n) is 2.07. The van der Waals surface area contributed by atoms with Crippen molar-refractivity contribution in [2.24, 2.45) is 16.6 Å². The van der Waals surface area contributed by atoms with Gasteiger partial charge in [-0.15, -0.1) is 0 Å². The summed E-state index contributed by atoms with van der Waals surface area (Å²) in [7, 11) is 0. The Morgan fingerprint density at radius 1 is 1.62 bits per heavy atom. The molecule has 7 heteroatoms. The van der Waals surface area contributed by atoms with Crippen molar-refractivity contribution < 1.29 is 9.53 Å². The summed E-state index contributed by atoms with van der Waals surface area (Å²) in [6.45, 7) is 3.08. The first-order valence-corrected chi connectivity index (χ1v) is 3.87. The third kappa shape index (κ3) is 6.88. The van der Waals surface area contributed by atoms with Crippen molar-refractivity contribution in [3.8, 4) is 0 Å². The SMILES string of the molecule is CCNC(=NCCOC(N)=O)NN. The molecule has 0 atom stereocenters. The van der Waals surface area contributed by atoms with Crippen LogP contribution >= 0.6 is 0 Å². The summed E-state index contributed by atoms with van der Waals surface area (Å²) in [4.78, 5) is 14.1. The van der Waals surface area contributed by atoms with E-state index in [0.29, 0.717) is 19.0 Å². The van der Waals surface area contributed by atoms with Crippen LogP contribution in [0.4, 0.5) is 4.79 Å². The number of hydrazine groups is 1. The molecule has 7 nitrogen and oxygen atoms in total. The van der Waals surface area contributed by atoms with Crippen LogP contribution in [-0.2, 0) is 4.74 Å². The van der Waals surface area contributed by atoms with Crippen LogP contribution in [-0.4, -0.2) is 31.7 Å². The van der Waals surface area contributed by atoms with Gasteiger partial charge in [0.15, 0.2) is 0 Å². The van der Waals surface area contributed by atoms with Gasteiger partial charge in [0.25, 0.3) is 0 Å². The molecular weight excluding hydrogens is 174 g/mol. The fraction of sp³-hybridized carbons (Fsp3) is 0.667. The highest BCUT2D eigenvalue weighted by Crippen LogP contribution is 1.76. The van der Waals surface area contributed by atoms with E-state index in [1.807, 2.05) is 6.92 Å². The van der Waals surface area contributed by atoms with E-state index in [9.17, 15) is 4.79 Å². The van der Waals surface area contributed by atoms with Crippen LogP contribution in [0.25, 0.3) is 0 Å². The molecular formula is C6H15N5O2. The average molecular weight is 189 g/mol. The highest BCUT2D eigenvalue weighted by atomic mass is 16.5. The number of carbonyl (C=O) groups is 1. The van der Waals surface area contributed by atoms with E-state index in [-0.39, 0.29) is 6.61 Å². The van der Waals surface area contributed by atoms with Gasteiger partial charge in [0.1, 0.15) is 6.61 Å². The molecule has 0 heterocycles. The third-order valence-electron chi connectivity index (χ3n) is 1.09. The summed E-state index contributed by atoms with van der Waals surface area (Å²) in [5.41, 5.74) is 7.09. The monoisotopic (exact) mass is 189 g/mol. The molecule has 0 saturated carbocycles. The predicted molar refractivity (Wildman–Crippen MR) is 48.8 cm³/mol. The molecule has 0 rings (SSSR count). The van der Waals surface area contributed by atoms with Gasteiger partial charge in [-0.05, 0) is 6.92 Å². The number of hydrogen-bond donors (Lipinski definition) is 4. The number of ether oxygens (including phenoxy) is 1. The second kappa shape index (κ2) is 7.17. The van der Waals surface area contributed by atoms with E-state index in [2.05, 4.69) is 20.5 Å². The lowest BCUT2D eigenvalue weighted by molar-refractivity contribution is 0.160. The van der Waals surface area contributed by atoms with Crippen molar-refractivity contribution >= 4 is 12.1 Å².